The molecule has 13 heteroatoms. The standard InChI is InChI=1S/C30H25F5N6O2/c1-18-2-3-19(16-36-18)26-15-25(38-41(26)22-8-9-23(24(32)14-22)30(33,34)35)27(42)39-12-10-29(11-13-39)28(43)37-17-40(29)21-6-4-20(31)5-7-21/h2-9,14-16H,10-13,17H2,1H3,(H,37,43). The Morgan fingerprint density at radius 2 is 1.65 bits per heavy atom. The zero-order chi connectivity index (χ0) is 30.5. The van der Waals surface area contributed by atoms with Gasteiger partial charge in [0.1, 0.15) is 17.2 Å². The highest BCUT2D eigenvalue weighted by molar-refractivity contribution is 5.96. The van der Waals surface area contributed by atoms with Crippen molar-refractivity contribution in [3.8, 4) is 16.9 Å². The third kappa shape index (κ3) is 5.08. The molecule has 8 nitrogen and oxygen atoms in total. The number of nitrogens with zero attached hydrogens (tertiary/aromatic N) is 5. The van der Waals surface area contributed by atoms with E-state index in [0.29, 0.717) is 35.9 Å². The Kier molecular flexibility index (Phi) is 6.90. The number of piperidine rings is 1. The van der Waals surface area contributed by atoms with Crippen molar-refractivity contribution in [2.75, 3.05) is 24.7 Å². The highest BCUT2D eigenvalue weighted by Gasteiger charge is 2.51. The number of hydrogen-bond donors (Lipinski definition) is 1. The van der Waals surface area contributed by atoms with Crippen LogP contribution in [0.1, 0.15) is 34.6 Å². The lowest BCUT2D eigenvalue weighted by atomic mass is 9.85. The first-order chi connectivity index (χ1) is 20.5. The van der Waals surface area contributed by atoms with Crippen LogP contribution in [0.25, 0.3) is 16.9 Å². The van der Waals surface area contributed by atoms with E-state index < -0.39 is 34.8 Å². The average molecular weight is 597 g/mol. The second-order valence-electron chi connectivity index (χ2n) is 10.6. The summed E-state index contributed by atoms with van der Waals surface area (Å²) in [6, 6.07) is 13.2. The summed E-state index contributed by atoms with van der Waals surface area (Å²) in [7, 11) is 0. The van der Waals surface area contributed by atoms with Gasteiger partial charge in [-0.15, -0.1) is 0 Å². The lowest BCUT2D eigenvalue weighted by Gasteiger charge is -2.43. The third-order valence-electron chi connectivity index (χ3n) is 7.99. The fraction of sp³-hybridized carbons (Fsp3) is 0.267. The van der Waals surface area contributed by atoms with Gasteiger partial charge in [-0.25, -0.2) is 13.5 Å². The molecule has 0 radical (unpaired) electrons. The van der Waals surface area contributed by atoms with Crippen LogP contribution >= 0.6 is 0 Å². The molecule has 2 saturated heterocycles. The molecule has 0 saturated carbocycles. The molecule has 2 aliphatic heterocycles. The molecule has 4 heterocycles. The molecule has 0 atom stereocenters. The Balaban J connectivity index is 1.30. The SMILES string of the molecule is Cc1ccc(-c2cc(C(=O)N3CCC4(CC3)C(=O)NCN4c3ccc(F)cc3)nn2-c2ccc(C(F)(F)F)c(F)c2)cn1. The molecule has 2 amide bonds. The number of aryl methyl sites for hydroxylation is 1. The summed E-state index contributed by atoms with van der Waals surface area (Å²) in [5.74, 6) is -2.49. The quantitative estimate of drug-likeness (QED) is 0.331. The summed E-state index contributed by atoms with van der Waals surface area (Å²) in [4.78, 5) is 34.4. The zero-order valence-corrected chi connectivity index (χ0v) is 22.8. The number of amides is 2. The molecule has 2 fully saturated rings. The van der Waals surface area contributed by atoms with Gasteiger partial charge in [0.25, 0.3) is 5.91 Å². The number of likely N-dealkylation sites (tertiary alicyclic amines) is 1. The Morgan fingerprint density at radius 3 is 2.28 bits per heavy atom. The van der Waals surface area contributed by atoms with Gasteiger partial charge in [-0.2, -0.15) is 18.3 Å². The first kappa shape index (κ1) is 28.3. The van der Waals surface area contributed by atoms with E-state index in [1.807, 2.05) is 4.90 Å². The van der Waals surface area contributed by atoms with Gasteiger partial charge in [-0.05, 0) is 74.4 Å². The number of rotatable bonds is 4. The van der Waals surface area contributed by atoms with Crippen molar-refractivity contribution in [2.45, 2.75) is 31.5 Å². The van der Waals surface area contributed by atoms with Crippen LogP contribution in [0.4, 0.5) is 27.6 Å². The first-order valence-electron chi connectivity index (χ1n) is 13.5. The molecular formula is C30H25F5N6O2. The van der Waals surface area contributed by atoms with Crippen LogP contribution < -0.4 is 10.2 Å². The maximum absolute atomic E-state index is 14.5. The molecular weight excluding hydrogens is 571 g/mol. The molecule has 1 N–H and O–H groups in total. The predicted molar refractivity (Wildman–Crippen MR) is 146 cm³/mol. The summed E-state index contributed by atoms with van der Waals surface area (Å²) in [5.41, 5.74) is -0.0731. The van der Waals surface area contributed by atoms with E-state index in [1.54, 1.807) is 36.1 Å². The third-order valence-corrected chi connectivity index (χ3v) is 7.99. The minimum Gasteiger partial charge on any atom is -0.339 e. The van der Waals surface area contributed by atoms with E-state index in [1.165, 1.54) is 29.1 Å². The van der Waals surface area contributed by atoms with E-state index >= 15 is 0 Å². The highest BCUT2D eigenvalue weighted by Crippen LogP contribution is 2.37. The maximum atomic E-state index is 14.5. The number of carbonyl (C=O) groups excluding carboxylic acids is 2. The van der Waals surface area contributed by atoms with E-state index in [-0.39, 0.29) is 37.0 Å². The molecule has 2 aliphatic rings. The second kappa shape index (κ2) is 10.5. The molecule has 2 aromatic carbocycles. The largest absolute Gasteiger partial charge is 0.419 e. The average Bonchev–Trinajstić information content (AvgIpc) is 3.55. The van der Waals surface area contributed by atoms with Gasteiger partial charge in [-0.3, -0.25) is 14.6 Å². The van der Waals surface area contributed by atoms with Crippen LogP contribution in [0.3, 0.4) is 0 Å². The van der Waals surface area contributed by atoms with Crippen LogP contribution in [0.5, 0.6) is 0 Å². The number of carbonyl (C=O) groups is 2. The fourth-order valence-electron chi connectivity index (χ4n) is 5.66. The van der Waals surface area contributed by atoms with Crippen LogP contribution in [-0.2, 0) is 11.0 Å². The van der Waals surface area contributed by atoms with Gasteiger partial charge in [0.15, 0.2) is 5.69 Å². The minimum atomic E-state index is -4.87. The van der Waals surface area contributed by atoms with E-state index in [2.05, 4.69) is 15.4 Å². The molecule has 0 aliphatic carbocycles. The van der Waals surface area contributed by atoms with E-state index in [9.17, 15) is 31.5 Å². The number of aromatic nitrogens is 3. The molecule has 43 heavy (non-hydrogen) atoms. The molecule has 2 aromatic heterocycles. The highest BCUT2D eigenvalue weighted by atomic mass is 19.4. The van der Waals surface area contributed by atoms with Crippen molar-refractivity contribution in [1.82, 2.24) is 25.0 Å². The van der Waals surface area contributed by atoms with Gasteiger partial charge in [0.2, 0.25) is 5.91 Å². The van der Waals surface area contributed by atoms with Crippen molar-refractivity contribution < 1.29 is 31.5 Å². The lowest BCUT2D eigenvalue weighted by Crippen LogP contribution is -2.57. The summed E-state index contributed by atoms with van der Waals surface area (Å²) < 4.78 is 68.8. The van der Waals surface area contributed by atoms with Crippen molar-refractivity contribution in [2.24, 2.45) is 0 Å². The smallest absolute Gasteiger partial charge is 0.339 e. The fourth-order valence-corrected chi connectivity index (χ4v) is 5.66. The normalized spacial score (nSPS) is 16.6. The van der Waals surface area contributed by atoms with Crippen LogP contribution in [0.15, 0.2) is 66.9 Å². The number of halogens is 5. The van der Waals surface area contributed by atoms with Crippen molar-refractivity contribution in [1.29, 1.82) is 0 Å². The van der Waals surface area contributed by atoms with Crippen molar-refractivity contribution >= 4 is 17.5 Å². The van der Waals surface area contributed by atoms with Gasteiger partial charge < -0.3 is 15.1 Å². The minimum absolute atomic E-state index is 0.00176. The molecule has 222 valence electrons. The first-order valence-corrected chi connectivity index (χ1v) is 13.5. The number of benzene rings is 2. The van der Waals surface area contributed by atoms with Gasteiger partial charge >= 0.3 is 6.18 Å². The molecule has 0 bridgehead atoms. The Labute approximate surface area is 242 Å². The van der Waals surface area contributed by atoms with Crippen LogP contribution in [0, 0.1) is 18.6 Å². The Hall–Kier alpha value is -4.81. The lowest BCUT2D eigenvalue weighted by molar-refractivity contribution is -0.140. The van der Waals surface area contributed by atoms with Gasteiger partial charge in [-0.1, -0.05) is 0 Å². The van der Waals surface area contributed by atoms with Crippen LogP contribution in [-0.4, -0.2) is 56.8 Å². The number of pyridine rings is 1. The Bertz CT molecular complexity index is 1690. The zero-order valence-electron chi connectivity index (χ0n) is 22.8. The van der Waals surface area contributed by atoms with Crippen molar-refractivity contribution in [3.63, 3.8) is 0 Å². The molecule has 1 spiro atoms. The number of nitrogens with one attached hydrogen (secondary N) is 1. The van der Waals surface area contributed by atoms with Gasteiger partial charge in [0.05, 0.1) is 23.6 Å². The maximum Gasteiger partial charge on any atom is 0.419 e. The monoisotopic (exact) mass is 596 g/mol. The summed E-state index contributed by atoms with van der Waals surface area (Å²) in [6.45, 7) is 2.47. The second-order valence-corrected chi connectivity index (χ2v) is 10.6. The molecule has 4 aromatic rings. The predicted octanol–water partition coefficient (Wildman–Crippen LogP) is 5.11. The van der Waals surface area contributed by atoms with E-state index in [0.717, 1.165) is 17.8 Å². The topological polar surface area (TPSA) is 83.4 Å². The Morgan fingerprint density at radius 1 is 0.953 bits per heavy atom. The number of alkyl halides is 3. The summed E-state index contributed by atoms with van der Waals surface area (Å²) in [6.07, 6.45) is -2.72. The summed E-state index contributed by atoms with van der Waals surface area (Å²) >= 11 is 0. The van der Waals surface area contributed by atoms with Crippen LogP contribution in [0.2, 0.25) is 0 Å². The number of hydrogen-bond acceptors (Lipinski definition) is 5. The molecule has 0 unspecified atom stereocenters. The summed E-state index contributed by atoms with van der Waals surface area (Å²) in [5, 5.41) is 7.24. The number of anilines is 1. The van der Waals surface area contributed by atoms with Crippen molar-refractivity contribution in [3.05, 3.63) is 95.4 Å². The van der Waals surface area contributed by atoms with Gasteiger partial charge in [0, 0.05) is 42.3 Å². The molecule has 6 rings (SSSR count). The van der Waals surface area contributed by atoms with E-state index in [4.69, 9.17) is 0 Å².